The van der Waals surface area contributed by atoms with E-state index >= 15 is 0 Å². The van der Waals surface area contributed by atoms with Crippen LogP contribution in [0, 0.1) is 18.6 Å². The lowest BCUT2D eigenvalue weighted by Crippen LogP contribution is -2.19. The van der Waals surface area contributed by atoms with E-state index in [2.05, 4.69) is 18.3 Å². The Balaban J connectivity index is 2.20. The Morgan fingerprint density at radius 2 is 2.00 bits per heavy atom. The Morgan fingerprint density at radius 3 is 2.56 bits per heavy atom. The van der Waals surface area contributed by atoms with Crippen molar-refractivity contribution in [1.29, 1.82) is 0 Å². The van der Waals surface area contributed by atoms with E-state index in [1.807, 2.05) is 12.4 Å². The minimum Gasteiger partial charge on any atom is -0.313 e. The highest BCUT2D eigenvalue weighted by molar-refractivity contribution is 7.10. The Kier molecular flexibility index (Phi) is 4.09. The third kappa shape index (κ3) is 2.76. The van der Waals surface area contributed by atoms with Gasteiger partial charge in [-0.15, -0.1) is 11.3 Å². The van der Waals surface area contributed by atoms with Crippen molar-refractivity contribution < 1.29 is 8.78 Å². The Hall–Kier alpha value is -1.26. The minimum absolute atomic E-state index is 0.126. The van der Waals surface area contributed by atoms with Crippen LogP contribution >= 0.6 is 11.3 Å². The maximum atomic E-state index is 13.2. The number of thiophene rings is 1. The molecule has 1 nitrogen and oxygen atoms in total. The Bertz CT molecular complexity index is 536. The van der Waals surface area contributed by atoms with Crippen molar-refractivity contribution in [1.82, 2.24) is 5.32 Å². The number of rotatable bonds is 4. The van der Waals surface area contributed by atoms with Crippen LogP contribution < -0.4 is 5.32 Å². The van der Waals surface area contributed by atoms with E-state index in [1.54, 1.807) is 17.4 Å². The molecule has 0 saturated heterocycles. The number of hydrogen-bond acceptors (Lipinski definition) is 2. The van der Waals surface area contributed by atoms with Crippen LogP contribution in [0.3, 0.4) is 0 Å². The van der Waals surface area contributed by atoms with Crippen molar-refractivity contribution in [2.24, 2.45) is 0 Å². The summed E-state index contributed by atoms with van der Waals surface area (Å²) in [6.45, 7) is 2.07. The first kappa shape index (κ1) is 13.2. The van der Waals surface area contributed by atoms with Crippen LogP contribution in [-0.4, -0.2) is 7.05 Å². The summed E-state index contributed by atoms with van der Waals surface area (Å²) in [5.41, 5.74) is 2.01. The van der Waals surface area contributed by atoms with Gasteiger partial charge >= 0.3 is 0 Å². The molecule has 18 heavy (non-hydrogen) atoms. The van der Waals surface area contributed by atoms with Crippen molar-refractivity contribution >= 4 is 11.3 Å². The lowest BCUT2D eigenvalue weighted by molar-refractivity contribution is 0.504. The predicted molar refractivity (Wildman–Crippen MR) is 70.9 cm³/mol. The fourth-order valence-corrected chi connectivity index (χ4v) is 2.79. The lowest BCUT2D eigenvalue weighted by Gasteiger charge is -2.16. The number of nitrogens with one attached hydrogen (secondary N) is 1. The van der Waals surface area contributed by atoms with Gasteiger partial charge in [-0.1, -0.05) is 6.07 Å². The molecule has 1 unspecified atom stereocenters. The smallest absolute Gasteiger partial charge is 0.159 e. The Morgan fingerprint density at radius 1 is 1.22 bits per heavy atom. The molecule has 0 aliphatic heterocycles. The summed E-state index contributed by atoms with van der Waals surface area (Å²) >= 11 is 1.69. The molecule has 0 fully saturated rings. The van der Waals surface area contributed by atoms with Gasteiger partial charge in [0.25, 0.3) is 0 Å². The number of hydrogen-bond donors (Lipinski definition) is 1. The van der Waals surface area contributed by atoms with Crippen LogP contribution in [0.15, 0.2) is 29.6 Å². The molecular weight excluding hydrogens is 252 g/mol. The molecular formula is C14H15F2NS. The Labute approximate surface area is 109 Å². The zero-order valence-electron chi connectivity index (χ0n) is 10.3. The van der Waals surface area contributed by atoms with Crippen LogP contribution in [0.1, 0.15) is 22.0 Å². The summed E-state index contributed by atoms with van der Waals surface area (Å²) in [4.78, 5) is 1.25. The number of halogens is 2. The fourth-order valence-electron chi connectivity index (χ4n) is 2.03. The third-order valence-corrected chi connectivity index (χ3v) is 3.91. The molecule has 0 saturated carbocycles. The highest BCUT2D eigenvalue weighted by Crippen LogP contribution is 2.25. The first-order valence-electron chi connectivity index (χ1n) is 5.77. The molecule has 0 spiro atoms. The lowest BCUT2D eigenvalue weighted by atomic mass is 9.99. The van der Waals surface area contributed by atoms with Gasteiger partial charge in [0.1, 0.15) is 0 Å². The summed E-state index contributed by atoms with van der Waals surface area (Å²) in [6.07, 6.45) is 0.644. The van der Waals surface area contributed by atoms with E-state index in [0.717, 1.165) is 5.56 Å². The van der Waals surface area contributed by atoms with Crippen molar-refractivity contribution in [3.63, 3.8) is 0 Å². The summed E-state index contributed by atoms with van der Waals surface area (Å²) < 4.78 is 26.0. The highest BCUT2D eigenvalue weighted by Gasteiger charge is 2.14. The molecule has 1 atom stereocenters. The van der Waals surface area contributed by atoms with Gasteiger partial charge in [0.05, 0.1) is 0 Å². The molecule has 0 amide bonds. The van der Waals surface area contributed by atoms with E-state index in [4.69, 9.17) is 0 Å². The van der Waals surface area contributed by atoms with Crippen LogP contribution in [-0.2, 0) is 6.42 Å². The highest BCUT2D eigenvalue weighted by atomic mass is 32.1. The predicted octanol–water partition coefficient (Wildman–Crippen LogP) is 3.84. The molecule has 96 valence electrons. The number of aryl methyl sites for hydroxylation is 1. The van der Waals surface area contributed by atoms with E-state index in [-0.39, 0.29) is 6.04 Å². The third-order valence-electron chi connectivity index (χ3n) is 3.05. The molecule has 0 aliphatic carbocycles. The summed E-state index contributed by atoms with van der Waals surface area (Å²) in [7, 11) is 1.88. The summed E-state index contributed by atoms with van der Waals surface area (Å²) in [5.74, 6) is -1.59. The van der Waals surface area contributed by atoms with Crippen molar-refractivity contribution in [3.8, 4) is 0 Å². The van der Waals surface area contributed by atoms with Gasteiger partial charge in [-0.2, -0.15) is 0 Å². The van der Waals surface area contributed by atoms with E-state index in [0.29, 0.717) is 6.42 Å². The van der Waals surface area contributed by atoms with Crippen molar-refractivity contribution in [3.05, 3.63) is 57.3 Å². The minimum atomic E-state index is -0.800. The monoisotopic (exact) mass is 267 g/mol. The maximum absolute atomic E-state index is 13.2. The summed E-state index contributed by atoms with van der Waals surface area (Å²) in [5, 5.41) is 5.26. The molecule has 1 N–H and O–H groups in total. The quantitative estimate of drug-likeness (QED) is 0.887. The standard InChI is InChI=1S/C14H15F2NS/c1-9-11(5-6-18-9)14(17-2)8-10-3-4-12(15)13(16)7-10/h3-7,14,17H,8H2,1-2H3. The van der Waals surface area contributed by atoms with Crippen LogP contribution in [0.5, 0.6) is 0 Å². The zero-order chi connectivity index (χ0) is 13.1. The average molecular weight is 267 g/mol. The molecule has 4 heteroatoms. The van der Waals surface area contributed by atoms with Gasteiger partial charge in [-0.25, -0.2) is 8.78 Å². The van der Waals surface area contributed by atoms with Gasteiger partial charge in [-0.3, -0.25) is 0 Å². The van der Waals surface area contributed by atoms with Crippen LogP contribution in [0.25, 0.3) is 0 Å². The second-order valence-electron chi connectivity index (χ2n) is 4.23. The molecule has 1 aromatic heterocycles. The SMILES string of the molecule is CNC(Cc1ccc(F)c(F)c1)c1ccsc1C. The average Bonchev–Trinajstić information content (AvgIpc) is 2.77. The number of likely N-dealkylation sites (N-methyl/N-ethyl adjacent to an activating group) is 1. The van der Waals surface area contributed by atoms with E-state index < -0.39 is 11.6 Å². The van der Waals surface area contributed by atoms with Gasteiger partial charge in [-0.05, 0) is 55.1 Å². The first-order valence-corrected chi connectivity index (χ1v) is 6.65. The molecule has 0 bridgehead atoms. The molecule has 0 aliphatic rings. The van der Waals surface area contributed by atoms with Gasteiger partial charge < -0.3 is 5.32 Å². The van der Waals surface area contributed by atoms with Crippen LogP contribution in [0.2, 0.25) is 0 Å². The molecule has 0 radical (unpaired) electrons. The molecule has 1 aromatic carbocycles. The maximum Gasteiger partial charge on any atom is 0.159 e. The van der Waals surface area contributed by atoms with Crippen molar-refractivity contribution in [2.75, 3.05) is 7.05 Å². The van der Waals surface area contributed by atoms with Gasteiger partial charge in [0.15, 0.2) is 11.6 Å². The molecule has 2 rings (SSSR count). The largest absolute Gasteiger partial charge is 0.313 e. The topological polar surface area (TPSA) is 12.0 Å². The zero-order valence-corrected chi connectivity index (χ0v) is 11.2. The first-order chi connectivity index (χ1) is 8.61. The van der Waals surface area contributed by atoms with E-state index in [1.165, 1.54) is 22.6 Å². The molecule has 2 aromatic rings. The van der Waals surface area contributed by atoms with Gasteiger partial charge in [0, 0.05) is 10.9 Å². The molecule has 1 heterocycles. The number of benzene rings is 1. The van der Waals surface area contributed by atoms with Gasteiger partial charge in [0.2, 0.25) is 0 Å². The second-order valence-corrected chi connectivity index (χ2v) is 5.35. The fraction of sp³-hybridized carbons (Fsp3) is 0.286. The van der Waals surface area contributed by atoms with Crippen molar-refractivity contribution in [2.45, 2.75) is 19.4 Å². The summed E-state index contributed by atoms with van der Waals surface area (Å²) in [6, 6.07) is 6.27. The normalized spacial score (nSPS) is 12.7. The van der Waals surface area contributed by atoms with Crippen LogP contribution in [0.4, 0.5) is 8.78 Å². The van der Waals surface area contributed by atoms with E-state index in [9.17, 15) is 8.78 Å². The second kappa shape index (κ2) is 5.59.